The third kappa shape index (κ3) is 4.84. The minimum atomic E-state index is -5.13. The lowest BCUT2D eigenvalue weighted by Gasteiger charge is -2.33. The van der Waals surface area contributed by atoms with Crippen molar-refractivity contribution in [3.8, 4) is 0 Å². The van der Waals surface area contributed by atoms with Crippen molar-refractivity contribution in [3.05, 3.63) is 38.9 Å². The Labute approximate surface area is 201 Å². The monoisotopic (exact) mass is 518 g/mol. The molecule has 0 radical (unpaired) electrons. The van der Waals surface area contributed by atoms with Gasteiger partial charge in [0.1, 0.15) is 11.5 Å². The summed E-state index contributed by atoms with van der Waals surface area (Å²) in [5.41, 5.74) is -4.58. The molecule has 2 fully saturated rings. The number of fused-ring (bicyclic) bond motifs is 1. The number of halogens is 4. The number of carbonyl (C=O) groups is 1. The molecule has 0 aromatic carbocycles. The van der Waals surface area contributed by atoms with E-state index in [2.05, 4.69) is 10.3 Å². The zero-order chi connectivity index (χ0) is 25.5. The normalized spacial score (nSPS) is 23.7. The van der Waals surface area contributed by atoms with Crippen LogP contribution in [0.2, 0.25) is 0 Å². The third-order valence-corrected chi connectivity index (χ3v) is 7.92. The van der Waals surface area contributed by atoms with Crippen molar-refractivity contribution in [1.29, 1.82) is 0 Å². The van der Waals surface area contributed by atoms with E-state index < -0.39 is 46.8 Å². The van der Waals surface area contributed by atoms with Crippen LogP contribution in [0.1, 0.15) is 57.5 Å². The summed E-state index contributed by atoms with van der Waals surface area (Å²) in [6.07, 6.45) is -1.86. The topological polar surface area (TPSA) is 106 Å². The Kier molecular flexibility index (Phi) is 7.02. The summed E-state index contributed by atoms with van der Waals surface area (Å²) in [6.45, 7) is 0.391. The predicted molar refractivity (Wildman–Crippen MR) is 122 cm³/mol. The van der Waals surface area contributed by atoms with Crippen LogP contribution in [0.4, 0.5) is 17.6 Å². The first-order valence-electron chi connectivity index (χ1n) is 11.4. The molecule has 1 aliphatic heterocycles. The summed E-state index contributed by atoms with van der Waals surface area (Å²) in [4.78, 5) is 42.9. The highest BCUT2D eigenvalue weighted by Crippen LogP contribution is 2.33. The van der Waals surface area contributed by atoms with Gasteiger partial charge in [0.15, 0.2) is 0 Å². The fourth-order valence-corrected chi connectivity index (χ4v) is 5.81. The molecule has 2 aromatic heterocycles. The van der Waals surface area contributed by atoms with Crippen molar-refractivity contribution in [1.82, 2.24) is 19.4 Å². The van der Waals surface area contributed by atoms with Crippen molar-refractivity contribution in [2.75, 3.05) is 11.5 Å². The maximum Gasteiger partial charge on any atom is 0.426 e. The number of aromatic nitrogens is 3. The molecule has 0 unspecified atom stereocenters. The molecule has 8 nitrogen and oxygen atoms in total. The van der Waals surface area contributed by atoms with Gasteiger partial charge in [-0.05, 0) is 63.0 Å². The Bertz CT molecular complexity index is 1230. The van der Waals surface area contributed by atoms with Crippen LogP contribution in [-0.2, 0) is 4.79 Å². The molecule has 1 saturated heterocycles. The molecule has 13 heteroatoms. The van der Waals surface area contributed by atoms with Crippen LogP contribution in [0.15, 0.2) is 21.9 Å². The molecule has 1 aliphatic carbocycles. The quantitative estimate of drug-likeness (QED) is 0.603. The second kappa shape index (κ2) is 9.57. The first kappa shape index (κ1) is 25.7. The van der Waals surface area contributed by atoms with Gasteiger partial charge in [-0.25, -0.2) is 14.2 Å². The van der Waals surface area contributed by atoms with E-state index in [0.29, 0.717) is 19.8 Å². The first-order valence-corrected chi connectivity index (χ1v) is 12.6. The number of nitrogens with zero attached hydrogens (tertiary/aromatic N) is 3. The molecule has 2 N–H and O–H groups in total. The summed E-state index contributed by atoms with van der Waals surface area (Å²) < 4.78 is 55.4. The van der Waals surface area contributed by atoms with Gasteiger partial charge in [0.05, 0.1) is 11.6 Å². The number of hydrogen-bond donors (Lipinski definition) is 2. The number of amides is 1. The van der Waals surface area contributed by atoms with Gasteiger partial charge >= 0.3 is 11.9 Å². The summed E-state index contributed by atoms with van der Waals surface area (Å²) in [5, 5.41) is 11.8. The standard InChI is InChI=1S/C22H26F4N4O4S/c1-21(34,22(24,25)26)19(32)28-13-2-4-14(5-3-13)30-18(31)16-10-12(23)11-27-17(16)29(20(30)33)15-6-8-35-9-7-15/h10-11,13-15,34H,2-9H2,1H3,(H,28,32)/t13-,14+,21-/m1/s1. The fourth-order valence-electron chi connectivity index (χ4n) is 4.73. The average Bonchev–Trinajstić information content (AvgIpc) is 2.80. The Balaban J connectivity index is 1.62. The summed E-state index contributed by atoms with van der Waals surface area (Å²) >= 11 is 1.76. The largest absolute Gasteiger partial charge is 0.426 e. The number of aliphatic hydroxyl groups is 1. The SMILES string of the molecule is C[C@@](O)(C(=O)N[C@H]1CC[C@@H](n2c(=O)c3cc(F)cnc3n(C3CCSCC3)c2=O)CC1)C(F)(F)F. The molecule has 1 atom stereocenters. The van der Waals surface area contributed by atoms with Gasteiger partial charge in [0.25, 0.3) is 11.5 Å². The number of nitrogens with one attached hydrogen (secondary N) is 1. The second-order valence-electron chi connectivity index (χ2n) is 9.24. The number of rotatable bonds is 4. The van der Waals surface area contributed by atoms with Crippen LogP contribution in [0.25, 0.3) is 11.0 Å². The van der Waals surface area contributed by atoms with Gasteiger partial charge in [0, 0.05) is 18.1 Å². The molecular formula is C22H26F4N4O4S. The number of hydrogen-bond acceptors (Lipinski definition) is 6. The van der Waals surface area contributed by atoms with Crippen LogP contribution in [0, 0.1) is 5.82 Å². The molecule has 0 bridgehead atoms. The van der Waals surface area contributed by atoms with Crippen molar-refractivity contribution < 1.29 is 27.5 Å². The minimum Gasteiger partial charge on any atom is -0.373 e. The Morgan fingerprint density at radius 1 is 1.09 bits per heavy atom. The lowest BCUT2D eigenvalue weighted by atomic mass is 9.90. The lowest BCUT2D eigenvalue weighted by molar-refractivity contribution is -0.245. The molecule has 192 valence electrons. The third-order valence-electron chi connectivity index (χ3n) is 6.87. The van der Waals surface area contributed by atoms with Gasteiger partial charge < -0.3 is 10.4 Å². The predicted octanol–water partition coefficient (Wildman–Crippen LogP) is 2.68. The molecule has 4 rings (SSSR count). The summed E-state index contributed by atoms with van der Waals surface area (Å²) in [6, 6.07) is -0.334. The van der Waals surface area contributed by atoms with Crippen LogP contribution in [0.3, 0.4) is 0 Å². The number of carbonyl (C=O) groups excluding carboxylic acids is 1. The van der Waals surface area contributed by atoms with Crippen molar-refractivity contribution in [3.63, 3.8) is 0 Å². The van der Waals surface area contributed by atoms with Crippen LogP contribution in [0.5, 0.6) is 0 Å². The molecule has 3 heterocycles. The van der Waals surface area contributed by atoms with Gasteiger partial charge in [-0.1, -0.05) is 0 Å². The van der Waals surface area contributed by atoms with E-state index in [9.17, 15) is 37.1 Å². The maximum atomic E-state index is 14.0. The second-order valence-corrected chi connectivity index (χ2v) is 10.5. The first-order chi connectivity index (χ1) is 16.4. The molecule has 2 aromatic rings. The summed E-state index contributed by atoms with van der Waals surface area (Å²) in [5.74, 6) is -0.569. The van der Waals surface area contributed by atoms with Crippen LogP contribution < -0.4 is 16.6 Å². The molecular weight excluding hydrogens is 492 g/mol. The lowest BCUT2D eigenvalue weighted by Crippen LogP contribution is -2.57. The smallest absolute Gasteiger partial charge is 0.373 e. The van der Waals surface area contributed by atoms with Gasteiger partial charge in [0.2, 0.25) is 5.60 Å². The highest BCUT2D eigenvalue weighted by atomic mass is 32.2. The number of thioether (sulfide) groups is 1. The zero-order valence-corrected chi connectivity index (χ0v) is 19.8. The number of alkyl halides is 3. The highest BCUT2D eigenvalue weighted by Gasteiger charge is 2.56. The summed E-state index contributed by atoms with van der Waals surface area (Å²) in [7, 11) is 0. The van der Waals surface area contributed by atoms with E-state index in [0.717, 1.165) is 28.3 Å². The molecule has 2 aliphatic rings. The Hall–Kier alpha value is -2.41. The van der Waals surface area contributed by atoms with Gasteiger partial charge in [-0.3, -0.25) is 18.7 Å². The van der Waals surface area contributed by atoms with E-state index in [1.165, 1.54) is 4.57 Å². The fraction of sp³-hybridized carbons (Fsp3) is 0.636. The van der Waals surface area contributed by atoms with E-state index in [4.69, 9.17) is 0 Å². The zero-order valence-electron chi connectivity index (χ0n) is 19.0. The van der Waals surface area contributed by atoms with Crippen LogP contribution in [-0.4, -0.2) is 54.5 Å². The highest BCUT2D eigenvalue weighted by molar-refractivity contribution is 7.99. The average molecular weight is 519 g/mol. The van der Waals surface area contributed by atoms with Crippen molar-refractivity contribution >= 4 is 28.7 Å². The van der Waals surface area contributed by atoms with E-state index >= 15 is 0 Å². The maximum absolute atomic E-state index is 14.0. The molecule has 1 saturated carbocycles. The van der Waals surface area contributed by atoms with Gasteiger partial charge in [-0.15, -0.1) is 0 Å². The minimum absolute atomic E-state index is 0.000484. The Morgan fingerprint density at radius 2 is 1.69 bits per heavy atom. The van der Waals surface area contributed by atoms with Crippen molar-refractivity contribution in [2.24, 2.45) is 0 Å². The van der Waals surface area contributed by atoms with Gasteiger partial charge in [-0.2, -0.15) is 24.9 Å². The molecule has 1 amide bonds. The van der Waals surface area contributed by atoms with E-state index in [1.807, 2.05) is 0 Å². The van der Waals surface area contributed by atoms with E-state index in [-0.39, 0.29) is 42.8 Å². The van der Waals surface area contributed by atoms with E-state index in [1.54, 1.807) is 11.8 Å². The van der Waals surface area contributed by atoms with Crippen LogP contribution >= 0.6 is 11.8 Å². The Morgan fingerprint density at radius 3 is 2.29 bits per heavy atom. The number of pyridine rings is 1. The van der Waals surface area contributed by atoms with Crippen molar-refractivity contribution in [2.45, 2.75) is 75.4 Å². The molecule has 35 heavy (non-hydrogen) atoms. The molecule has 0 spiro atoms.